The number of phenolic OH excluding ortho intramolecular Hbond substituents is 1. The molecular weight excluding hydrogens is 433 g/mol. The summed E-state index contributed by atoms with van der Waals surface area (Å²) in [6.07, 6.45) is 0.317. The minimum absolute atomic E-state index is 0.0329. The van der Waals surface area contributed by atoms with Gasteiger partial charge in [-0.1, -0.05) is 23.2 Å². The number of carboxylic acid groups (broad SMARTS) is 1. The Morgan fingerprint density at radius 1 is 1.17 bits per heavy atom. The Kier molecular flexibility index (Phi) is 6.61. The Labute approximate surface area is 180 Å². The van der Waals surface area contributed by atoms with Crippen LogP contribution in [-0.2, 0) is 17.6 Å². The molecule has 0 unspecified atom stereocenters. The lowest BCUT2D eigenvalue weighted by Gasteiger charge is -2.14. The molecule has 0 amide bonds. The lowest BCUT2D eigenvalue weighted by atomic mass is 10.1. The number of benzene rings is 2. The van der Waals surface area contributed by atoms with E-state index in [1.807, 2.05) is 0 Å². The van der Waals surface area contributed by atoms with Gasteiger partial charge in [-0.3, -0.25) is 9.59 Å². The summed E-state index contributed by atoms with van der Waals surface area (Å²) in [5, 5.41) is 25.7. The Bertz CT molecular complexity index is 1110. The predicted molar refractivity (Wildman–Crippen MR) is 112 cm³/mol. The van der Waals surface area contributed by atoms with Crippen molar-refractivity contribution >= 4 is 29.2 Å². The van der Waals surface area contributed by atoms with Crippen molar-refractivity contribution in [3.8, 4) is 17.2 Å². The van der Waals surface area contributed by atoms with Crippen LogP contribution in [0, 0.1) is 0 Å². The van der Waals surface area contributed by atoms with Crippen molar-refractivity contribution in [2.45, 2.75) is 18.9 Å². The number of nitrogens with zero attached hydrogens (tertiary/aromatic N) is 1. The van der Waals surface area contributed by atoms with Gasteiger partial charge in [0.05, 0.1) is 15.7 Å². The van der Waals surface area contributed by atoms with E-state index in [0.29, 0.717) is 22.6 Å². The maximum absolute atomic E-state index is 11.1. The zero-order chi connectivity index (χ0) is 21.8. The third-order valence-corrected chi connectivity index (χ3v) is 4.77. The molecule has 156 valence electrons. The van der Waals surface area contributed by atoms with Crippen LogP contribution >= 0.6 is 23.2 Å². The highest BCUT2D eigenvalue weighted by Gasteiger charge is 2.17. The first kappa shape index (κ1) is 21.6. The minimum Gasteiger partial charge on any atom is -0.508 e. The van der Waals surface area contributed by atoms with E-state index >= 15 is 0 Å². The Morgan fingerprint density at radius 2 is 1.87 bits per heavy atom. The van der Waals surface area contributed by atoms with E-state index in [2.05, 4.69) is 10.2 Å². The molecule has 0 spiro atoms. The van der Waals surface area contributed by atoms with E-state index in [0.717, 1.165) is 0 Å². The molecular formula is C20H17Cl2N3O5. The van der Waals surface area contributed by atoms with E-state index in [4.69, 9.17) is 38.8 Å². The van der Waals surface area contributed by atoms with Crippen LogP contribution in [0.25, 0.3) is 0 Å². The van der Waals surface area contributed by atoms with Gasteiger partial charge in [0.25, 0.3) is 5.56 Å². The number of nitrogens with one attached hydrogen (secondary N) is 1. The van der Waals surface area contributed by atoms with Crippen molar-refractivity contribution in [1.82, 2.24) is 10.2 Å². The third kappa shape index (κ3) is 5.29. The molecule has 0 saturated carbocycles. The lowest BCUT2D eigenvalue weighted by Crippen LogP contribution is -2.32. The topological polar surface area (TPSA) is 139 Å². The largest absolute Gasteiger partial charge is 0.508 e. The molecule has 0 aliphatic carbocycles. The second-order valence-electron chi connectivity index (χ2n) is 6.52. The molecule has 1 atom stereocenters. The van der Waals surface area contributed by atoms with E-state index in [1.165, 1.54) is 24.3 Å². The summed E-state index contributed by atoms with van der Waals surface area (Å²) in [5.74, 6) is -0.544. The van der Waals surface area contributed by atoms with Gasteiger partial charge in [-0.15, -0.1) is 0 Å². The minimum atomic E-state index is -1.13. The number of hydrogen-bond donors (Lipinski definition) is 4. The molecule has 30 heavy (non-hydrogen) atoms. The summed E-state index contributed by atoms with van der Waals surface area (Å²) >= 11 is 12.5. The molecule has 2 aromatic carbocycles. The van der Waals surface area contributed by atoms with Gasteiger partial charge in [0.1, 0.15) is 17.5 Å². The summed E-state index contributed by atoms with van der Waals surface area (Å²) in [5.41, 5.74) is 6.85. The van der Waals surface area contributed by atoms with Crippen LogP contribution in [-0.4, -0.2) is 32.4 Å². The monoisotopic (exact) mass is 449 g/mol. The molecule has 10 heteroatoms. The number of nitrogens with two attached hydrogens (primary N) is 1. The van der Waals surface area contributed by atoms with Gasteiger partial charge in [-0.05, 0) is 48.4 Å². The molecule has 0 radical (unpaired) electrons. The first-order chi connectivity index (χ1) is 14.2. The van der Waals surface area contributed by atoms with Crippen LogP contribution < -0.4 is 16.0 Å². The van der Waals surface area contributed by atoms with Crippen molar-refractivity contribution in [3.63, 3.8) is 0 Å². The van der Waals surface area contributed by atoms with Crippen LogP contribution in [0.1, 0.15) is 16.8 Å². The first-order valence-corrected chi connectivity index (χ1v) is 9.49. The molecule has 1 aromatic heterocycles. The number of carbonyl (C=O) groups is 1. The molecule has 1 heterocycles. The van der Waals surface area contributed by atoms with Crippen molar-refractivity contribution in [3.05, 3.63) is 79.7 Å². The zero-order valence-corrected chi connectivity index (χ0v) is 16.9. The van der Waals surface area contributed by atoms with Gasteiger partial charge in [0, 0.05) is 18.1 Å². The number of aromatic hydroxyl groups is 1. The molecule has 0 aliphatic heterocycles. The van der Waals surface area contributed by atoms with Gasteiger partial charge in [0.2, 0.25) is 0 Å². The number of carboxylic acids is 1. The predicted octanol–water partition coefficient (Wildman–Crippen LogP) is 3.12. The maximum Gasteiger partial charge on any atom is 0.320 e. The fourth-order valence-electron chi connectivity index (χ4n) is 2.72. The molecule has 5 N–H and O–H groups in total. The van der Waals surface area contributed by atoms with Gasteiger partial charge in [0.15, 0.2) is 5.75 Å². The zero-order valence-electron chi connectivity index (χ0n) is 15.4. The number of phenols is 1. The standard InChI is InChI=1S/C20H17Cl2N3O5/c21-14-5-10(7-16(23)20(28)29)6-15(22)19(14)30-13-2-3-17(26)11(9-13)8-12-1-4-18(27)25-24-12/h1-6,9,16,26H,7-8,23H2,(H,25,27)(H,28,29)/t16-/m1/s1. The van der Waals surface area contributed by atoms with E-state index in [1.54, 1.807) is 18.2 Å². The second kappa shape index (κ2) is 9.17. The fraction of sp³-hybridized carbons (Fsp3) is 0.150. The molecule has 0 saturated heterocycles. The second-order valence-corrected chi connectivity index (χ2v) is 7.33. The van der Waals surface area contributed by atoms with Crippen molar-refractivity contribution in [2.24, 2.45) is 5.73 Å². The molecule has 3 aromatic rings. The quantitative estimate of drug-likeness (QED) is 0.434. The van der Waals surface area contributed by atoms with Gasteiger partial charge >= 0.3 is 5.97 Å². The summed E-state index contributed by atoms with van der Waals surface area (Å²) in [6, 6.07) is 9.50. The number of ether oxygens (including phenoxy) is 1. The summed E-state index contributed by atoms with van der Waals surface area (Å²) in [6.45, 7) is 0. The van der Waals surface area contributed by atoms with Gasteiger partial charge in [-0.2, -0.15) is 5.10 Å². The maximum atomic E-state index is 11.1. The molecule has 0 aliphatic rings. The number of aromatic amines is 1. The molecule has 8 nitrogen and oxygen atoms in total. The highest BCUT2D eigenvalue weighted by atomic mass is 35.5. The number of aliphatic carboxylic acids is 1. The van der Waals surface area contributed by atoms with Crippen molar-refractivity contribution in [1.29, 1.82) is 0 Å². The first-order valence-electron chi connectivity index (χ1n) is 8.73. The van der Waals surface area contributed by atoms with Gasteiger partial charge < -0.3 is 20.7 Å². The average molecular weight is 450 g/mol. The molecule has 0 fully saturated rings. The number of rotatable bonds is 7. The lowest BCUT2D eigenvalue weighted by molar-refractivity contribution is -0.138. The van der Waals surface area contributed by atoms with E-state index < -0.39 is 12.0 Å². The van der Waals surface area contributed by atoms with Crippen LogP contribution in [0.4, 0.5) is 0 Å². The average Bonchev–Trinajstić information content (AvgIpc) is 2.68. The molecule has 0 bridgehead atoms. The summed E-state index contributed by atoms with van der Waals surface area (Å²) in [4.78, 5) is 22.1. The van der Waals surface area contributed by atoms with E-state index in [9.17, 15) is 14.7 Å². The number of halogens is 2. The fourth-order valence-corrected chi connectivity index (χ4v) is 3.33. The SMILES string of the molecule is N[C@H](Cc1cc(Cl)c(Oc2ccc(O)c(Cc3ccc(=O)[nH]n3)c2)c(Cl)c1)C(=O)O. The van der Waals surface area contributed by atoms with Crippen LogP contribution in [0.15, 0.2) is 47.3 Å². The summed E-state index contributed by atoms with van der Waals surface area (Å²) < 4.78 is 5.80. The van der Waals surface area contributed by atoms with Crippen LogP contribution in [0.2, 0.25) is 10.0 Å². The van der Waals surface area contributed by atoms with E-state index in [-0.39, 0.29) is 39.9 Å². The number of hydrogen-bond acceptors (Lipinski definition) is 6. The summed E-state index contributed by atoms with van der Waals surface area (Å²) in [7, 11) is 0. The third-order valence-electron chi connectivity index (χ3n) is 4.21. The number of H-pyrrole nitrogens is 1. The Hall–Kier alpha value is -3.07. The van der Waals surface area contributed by atoms with Crippen molar-refractivity contribution < 1.29 is 19.7 Å². The molecule has 3 rings (SSSR count). The van der Waals surface area contributed by atoms with Crippen LogP contribution in [0.3, 0.4) is 0 Å². The Balaban J connectivity index is 1.83. The highest BCUT2D eigenvalue weighted by molar-refractivity contribution is 6.37. The Morgan fingerprint density at radius 3 is 2.47 bits per heavy atom. The normalized spacial score (nSPS) is 11.8. The highest BCUT2D eigenvalue weighted by Crippen LogP contribution is 2.38. The van der Waals surface area contributed by atoms with Gasteiger partial charge in [-0.25, -0.2) is 5.10 Å². The van der Waals surface area contributed by atoms with Crippen molar-refractivity contribution in [2.75, 3.05) is 0 Å². The number of aromatic nitrogens is 2. The van der Waals surface area contributed by atoms with Crippen LogP contribution in [0.5, 0.6) is 17.2 Å². The smallest absolute Gasteiger partial charge is 0.320 e.